The van der Waals surface area contributed by atoms with Crippen LogP contribution in [0, 0.1) is 5.82 Å². The Bertz CT molecular complexity index is 1230. The first-order valence-electron chi connectivity index (χ1n) is 11.3. The zero-order chi connectivity index (χ0) is 24.8. The number of ether oxygens (including phenoxy) is 2. The van der Waals surface area contributed by atoms with E-state index in [9.17, 15) is 9.18 Å². The third-order valence-electron chi connectivity index (χ3n) is 5.48. The van der Waals surface area contributed by atoms with Crippen molar-refractivity contribution in [1.82, 2.24) is 14.9 Å². The maximum Gasteiger partial charge on any atom is 0.245 e. The summed E-state index contributed by atoms with van der Waals surface area (Å²) in [5.41, 5.74) is 1.98. The SMILES string of the molecule is CN(C)C(=O)C=CCNc1cc2c(Nc3ccc(F)c(Cl)c3)ncnc2cc1OC[C@H]1CCCO1. The lowest BCUT2D eigenvalue weighted by atomic mass is 10.1. The van der Waals surface area contributed by atoms with Crippen molar-refractivity contribution in [3.05, 3.63) is 59.7 Å². The number of halogens is 2. The van der Waals surface area contributed by atoms with Crippen LogP contribution in [0.25, 0.3) is 10.9 Å². The highest BCUT2D eigenvalue weighted by atomic mass is 35.5. The molecule has 4 rings (SSSR count). The molecule has 10 heteroatoms. The number of nitrogens with one attached hydrogen (secondary N) is 2. The molecular weight excluding hydrogens is 473 g/mol. The standard InChI is InChI=1S/C25H27ClFN5O3/c1-32(2)24(33)6-3-9-28-22-12-18-21(13-23(22)35-14-17-5-4-10-34-17)29-15-30-25(18)31-16-7-8-20(27)19(26)11-16/h3,6-8,11-13,15,17,28H,4-5,9-10,14H2,1-2H3,(H,29,30,31)/t17-/m1/s1. The molecule has 184 valence electrons. The first-order chi connectivity index (χ1) is 16.9. The number of fused-ring (bicyclic) bond motifs is 1. The molecule has 1 amide bonds. The molecule has 0 saturated carbocycles. The van der Waals surface area contributed by atoms with Gasteiger partial charge in [-0.15, -0.1) is 0 Å². The minimum Gasteiger partial charge on any atom is -0.489 e. The fourth-order valence-corrected chi connectivity index (χ4v) is 3.77. The molecule has 2 heterocycles. The maximum absolute atomic E-state index is 13.6. The largest absolute Gasteiger partial charge is 0.489 e. The van der Waals surface area contributed by atoms with Crippen LogP contribution in [-0.4, -0.2) is 60.7 Å². The van der Waals surface area contributed by atoms with E-state index in [1.165, 1.54) is 29.4 Å². The van der Waals surface area contributed by atoms with Crippen LogP contribution in [0.4, 0.5) is 21.6 Å². The number of carbonyl (C=O) groups excluding carboxylic acids is 1. The minimum atomic E-state index is -0.495. The maximum atomic E-state index is 13.6. The topological polar surface area (TPSA) is 88.6 Å². The molecule has 1 aliphatic rings. The van der Waals surface area contributed by atoms with Gasteiger partial charge in [-0.2, -0.15) is 0 Å². The van der Waals surface area contributed by atoms with Gasteiger partial charge in [0.2, 0.25) is 5.91 Å². The Labute approximate surface area is 208 Å². The first-order valence-corrected chi connectivity index (χ1v) is 11.7. The number of hydrogen-bond donors (Lipinski definition) is 2. The molecule has 1 aromatic heterocycles. The number of hydrogen-bond acceptors (Lipinski definition) is 7. The van der Waals surface area contributed by atoms with Gasteiger partial charge in [0, 0.05) is 50.5 Å². The monoisotopic (exact) mass is 499 g/mol. The van der Waals surface area contributed by atoms with Crippen LogP contribution in [0.5, 0.6) is 5.75 Å². The van der Waals surface area contributed by atoms with E-state index in [1.807, 2.05) is 12.1 Å². The van der Waals surface area contributed by atoms with Gasteiger partial charge in [0.05, 0.1) is 22.3 Å². The molecule has 1 fully saturated rings. The van der Waals surface area contributed by atoms with Gasteiger partial charge < -0.3 is 25.0 Å². The molecule has 8 nitrogen and oxygen atoms in total. The van der Waals surface area contributed by atoms with E-state index in [4.69, 9.17) is 21.1 Å². The third-order valence-corrected chi connectivity index (χ3v) is 5.77. The number of carbonyl (C=O) groups is 1. The fraction of sp³-hybridized carbons (Fsp3) is 0.320. The molecule has 2 aromatic carbocycles. The Hall–Kier alpha value is -3.43. The zero-order valence-electron chi connectivity index (χ0n) is 19.6. The summed E-state index contributed by atoms with van der Waals surface area (Å²) >= 11 is 5.93. The summed E-state index contributed by atoms with van der Waals surface area (Å²) in [4.78, 5) is 22.1. The van der Waals surface area contributed by atoms with E-state index in [0.717, 1.165) is 24.8 Å². The Balaban J connectivity index is 1.62. The van der Waals surface area contributed by atoms with E-state index < -0.39 is 5.82 Å². The van der Waals surface area contributed by atoms with Gasteiger partial charge in [-0.25, -0.2) is 14.4 Å². The number of likely N-dealkylation sites (N-methyl/N-ethyl adjacent to an activating group) is 1. The average molecular weight is 500 g/mol. The zero-order valence-corrected chi connectivity index (χ0v) is 20.3. The third kappa shape index (κ3) is 6.37. The van der Waals surface area contributed by atoms with E-state index in [0.29, 0.717) is 41.6 Å². The summed E-state index contributed by atoms with van der Waals surface area (Å²) in [5.74, 6) is 0.558. The van der Waals surface area contributed by atoms with Gasteiger partial charge in [0.25, 0.3) is 0 Å². The lowest BCUT2D eigenvalue weighted by molar-refractivity contribution is -0.123. The van der Waals surface area contributed by atoms with Crippen molar-refractivity contribution in [2.75, 3.05) is 44.5 Å². The summed E-state index contributed by atoms with van der Waals surface area (Å²) in [7, 11) is 3.40. The summed E-state index contributed by atoms with van der Waals surface area (Å²) in [5, 5.41) is 7.23. The average Bonchev–Trinajstić information content (AvgIpc) is 3.36. The van der Waals surface area contributed by atoms with Gasteiger partial charge >= 0.3 is 0 Å². The van der Waals surface area contributed by atoms with Crippen LogP contribution >= 0.6 is 11.6 Å². The van der Waals surface area contributed by atoms with Gasteiger partial charge in [-0.05, 0) is 37.1 Å². The van der Waals surface area contributed by atoms with Gasteiger partial charge in [-0.3, -0.25) is 4.79 Å². The van der Waals surface area contributed by atoms with Crippen molar-refractivity contribution >= 4 is 45.6 Å². The number of anilines is 3. The van der Waals surface area contributed by atoms with Crippen molar-refractivity contribution < 1.29 is 18.7 Å². The van der Waals surface area contributed by atoms with Crippen LogP contribution in [-0.2, 0) is 9.53 Å². The van der Waals surface area contributed by atoms with Crippen molar-refractivity contribution in [2.24, 2.45) is 0 Å². The van der Waals surface area contributed by atoms with Crippen LogP contribution in [0.2, 0.25) is 5.02 Å². The van der Waals surface area contributed by atoms with Crippen LogP contribution < -0.4 is 15.4 Å². The van der Waals surface area contributed by atoms with Crippen molar-refractivity contribution in [3.63, 3.8) is 0 Å². The summed E-state index contributed by atoms with van der Waals surface area (Å²) in [6, 6.07) is 8.09. The molecule has 2 N–H and O–H groups in total. The predicted octanol–water partition coefficient (Wildman–Crippen LogP) is 4.78. The second-order valence-corrected chi connectivity index (χ2v) is 8.71. The van der Waals surface area contributed by atoms with Crippen LogP contribution in [0.3, 0.4) is 0 Å². The number of aromatic nitrogens is 2. The molecule has 0 bridgehead atoms. The minimum absolute atomic E-state index is 0.0135. The number of rotatable bonds is 9. The Morgan fingerprint density at radius 1 is 1.31 bits per heavy atom. The second kappa shape index (κ2) is 11.3. The molecule has 0 aliphatic carbocycles. The molecule has 35 heavy (non-hydrogen) atoms. The van der Waals surface area contributed by atoms with Crippen molar-refractivity contribution in [3.8, 4) is 5.75 Å². The highest BCUT2D eigenvalue weighted by Crippen LogP contribution is 2.34. The predicted molar refractivity (Wildman–Crippen MR) is 135 cm³/mol. The van der Waals surface area contributed by atoms with E-state index in [2.05, 4.69) is 20.6 Å². The van der Waals surface area contributed by atoms with E-state index >= 15 is 0 Å². The van der Waals surface area contributed by atoms with Crippen molar-refractivity contribution in [1.29, 1.82) is 0 Å². The van der Waals surface area contributed by atoms with Crippen molar-refractivity contribution in [2.45, 2.75) is 18.9 Å². The van der Waals surface area contributed by atoms with Gasteiger partial charge in [0.15, 0.2) is 0 Å². The molecule has 1 atom stereocenters. The number of amides is 1. The van der Waals surface area contributed by atoms with Crippen LogP contribution in [0.15, 0.2) is 48.8 Å². The smallest absolute Gasteiger partial charge is 0.245 e. The summed E-state index contributed by atoms with van der Waals surface area (Å²) in [6.45, 7) is 1.59. The van der Waals surface area contributed by atoms with Crippen LogP contribution in [0.1, 0.15) is 12.8 Å². The molecule has 0 spiro atoms. The molecule has 1 saturated heterocycles. The normalized spacial score (nSPS) is 15.5. The van der Waals surface area contributed by atoms with E-state index in [1.54, 1.807) is 26.2 Å². The highest BCUT2D eigenvalue weighted by molar-refractivity contribution is 6.31. The van der Waals surface area contributed by atoms with E-state index in [-0.39, 0.29) is 17.0 Å². The number of nitrogens with zero attached hydrogens (tertiary/aromatic N) is 3. The first kappa shape index (κ1) is 24.7. The Morgan fingerprint density at radius 3 is 2.91 bits per heavy atom. The van der Waals surface area contributed by atoms with Gasteiger partial charge in [0.1, 0.15) is 30.3 Å². The Kier molecular flexibility index (Phi) is 7.99. The highest BCUT2D eigenvalue weighted by Gasteiger charge is 2.18. The quantitative estimate of drug-likeness (QED) is 0.409. The molecule has 3 aromatic rings. The fourth-order valence-electron chi connectivity index (χ4n) is 3.59. The van der Waals surface area contributed by atoms with Gasteiger partial charge in [-0.1, -0.05) is 17.7 Å². The molecule has 0 radical (unpaired) electrons. The summed E-state index contributed by atoms with van der Waals surface area (Å²) in [6.07, 6.45) is 6.75. The molecule has 1 aliphatic heterocycles. The lowest BCUT2D eigenvalue weighted by Gasteiger charge is -2.17. The lowest BCUT2D eigenvalue weighted by Crippen LogP contribution is -2.19. The number of benzene rings is 2. The molecule has 0 unspecified atom stereocenters. The molecular formula is C25H27ClFN5O3. The summed E-state index contributed by atoms with van der Waals surface area (Å²) < 4.78 is 25.4. The Morgan fingerprint density at radius 2 is 2.17 bits per heavy atom. The second-order valence-electron chi connectivity index (χ2n) is 8.30.